The predicted molar refractivity (Wildman–Crippen MR) is 117 cm³/mol. The minimum Gasteiger partial charge on any atom is -0.302 e. The molecule has 0 unspecified atom stereocenters. The summed E-state index contributed by atoms with van der Waals surface area (Å²) in [6, 6.07) is 8.78. The highest BCUT2D eigenvalue weighted by molar-refractivity contribution is 7.22. The van der Waals surface area contributed by atoms with E-state index in [1.807, 2.05) is 13.8 Å². The molecule has 0 saturated carbocycles. The smallest absolute Gasteiger partial charge is 0.273 e. The van der Waals surface area contributed by atoms with E-state index in [9.17, 15) is 19.3 Å². The highest BCUT2D eigenvalue weighted by Crippen LogP contribution is 2.31. The Hall–Kier alpha value is -2.91. The van der Waals surface area contributed by atoms with Crippen molar-refractivity contribution in [1.82, 2.24) is 9.88 Å². The van der Waals surface area contributed by atoms with Crippen LogP contribution in [-0.2, 0) is 0 Å². The van der Waals surface area contributed by atoms with Gasteiger partial charge in [-0.05, 0) is 44.3 Å². The Labute approximate surface area is 177 Å². The normalized spacial score (nSPS) is 11.2. The number of amides is 1. The SMILES string of the molecule is CCN(CC)CCN(C(=O)c1cccc([N+](=O)[O-])c1C)c1nc2ccc(F)cc2s1. The second kappa shape index (κ2) is 9.27. The lowest BCUT2D eigenvalue weighted by Gasteiger charge is -2.25. The molecule has 0 atom stereocenters. The maximum absolute atomic E-state index is 13.6. The lowest BCUT2D eigenvalue weighted by molar-refractivity contribution is -0.385. The molecule has 0 N–H and O–H groups in total. The van der Waals surface area contributed by atoms with Crippen LogP contribution in [0.25, 0.3) is 10.2 Å². The molecule has 1 aromatic heterocycles. The van der Waals surface area contributed by atoms with Crippen molar-refractivity contribution < 1.29 is 14.1 Å². The summed E-state index contributed by atoms with van der Waals surface area (Å²) in [5.41, 5.74) is 1.07. The van der Waals surface area contributed by atoms with E-state index in [0.29, 0.717) is 34.0 Å². The molecule has 0 radical (unpaired) electrons. The Morgan fingerprint density at radius 3 is 2.60 bits per heavy atom. The van der Waals surface area contributed by atoms with Gasteiger partial charge in [-0.2, -0.15) is 0 Å². The van der Waals surface area contributed by atoms with Gasteiger partial charge < -0.3 is 4.90 Å². The molecular formula is C21H23FN4O3S. The van der Waals surface area contributed by atoms with Crippen LogP contribution in [0.4, 0.5) is 15.2 Å². The summed E-state index contributed by atoms with van der Waals surface area (Å²) in [6.07, 6.45) is 0. The highest BCUT2D eigenvalue weighted by atomic mass is 32.1. The number of carbonyl (C=O) groups excluding carboxylic acids is 1. The van der Waals surface area contributed by atoms with Crippen molar-refractivity contribution in [2.24, 2.45) is 0 Å². The van der Waals surface area contributed by atoms with Crippen LogP contribution in [0, 0.1) is 22.9 Å². The predicted octanol–water partition coefficient (Wildman–Crippen LogP) is 4.64. The summed E-state index contributed by atoms with van der Waals surface area (Å²) >= 11 is 1.23. The fourth-order valence-electron chi connectivity index (χ4n) is 3.27. The van der Waals surface area contributed by atoms with Crippen molar-refractivity contribution in [2.75, 3.05) is 31.1 Å². The maximum Gasteiger partial charge on any atom is 0.273 e. The van der Waals surface area contributed by atoms with Crippen molar-refractivity contribution in [3.05, 3.63) is 63.5 Å². The highest BCUT2D eigenvalue weighted by Gasteiger charge is 2.26. The fourth-order valence-corrected chi connectivity index (χ4v) is 4.28. The number of nitro benzene ring substituents is 1. The van der Waals surface area contributed by atoms with E-state index in [2.05, 4.69) is 9.88 Å². The molecule has 7 nitrogen and oxygen atoms in total. The van der Waals surface area contributed by atoms with Gasteiger partial charge >= 0.3 is 0 Å². The zero-order valence-electron chi connectivity index (χ0n) is 17.1. The summed E-state index contributed by atoms with van der Waals surface area (Å²) in [7, 11) is 0. The van der Waals surface area contributed by atoms with Crippen molar-refractivity contribution in [3.8, 4) is 0 Å². The summed E-state index contributed by atoms with van der Waals surface area (Å²) in [5, 5.41) is 11.7. The van der Waals surface area contributed by atoms with Gasteiger partial charge in [0.15, 0.2) is 5.13 Å². The van der Waals surface area contributed by atoms with Crippen LogP contribution in [0.3, 0.4) is 0 Å². The van der Waals surface area contributed by atoms with Crippen molar-refractivity contribution >= 4 is 38.3 Å². The van der Waals surface area contributed by atoms with Gasteiger partial charge in [-0.15, -0.1) is 0 Å². The van der Waals surface area contributed by atoms with Crippen LogP contribution in [0.1, 0.15) is 29.8 Å². The Bertz CT molecular complexity index is 1080. The average Bonchev–Trinajstić information content (AvgIpc) is 3.13. The summed E-state index contributed by atoms with van der Waals surface area (Å²) < 4.78 is 14.3. The molecule has 1 amide bonds. The maximum atomic E-state index is 13.6. The average molecular weight is 431 g/mol. The van der Waals surface area contributed by atoms with Gasteiger partial charge in [-0.25, -0.2) is 9.37 Å². The molecule has 0 aliphatic heterocycles. The second-order valence-electron chi connectivity index (χ2n) is 6.80. The number of nitrogens with zero attached hydrogens (tertiary/aromatic N) is 4. The number of thiazole rings is 1. The van der Waals surface area contributed by atoms with Crippen LogP contribution in [-0.4, -0.2) is 46.9 Å². The Kier molecular flexibility index (Phi) is 6.73. The lowest BCUT2D eigenvalue weighted by Crippen LogP contribution is -2.39. The molecule has 0 aliphatic rings. The third-order valence-electron chi connectivity index (χ3n) is 5.08. The van der Waals surface area contributed by atoms with Gasteiger partial charge in [-0.1, -0.05) is 31.3 Å². The second-order valence-corrected chi connectivity index (χ2v) is 7.81. The zero-order chi connectivity index (χ0) is 21.8. The molecule has 0 bridgehead atoms. The van der Waals surface area contributed by atoms with Crippen LogP contribution >= 0.6 is 11.3 Å². The monoisotopic (exact) mass is 430 g/mol. The Morgan fingerprint density at radius 1 is 1.20 bits per heavy atom. The van der Waals surface area contributed by atoms with E-state index >= 15 is 0 Å². The van der Waals surface area contributed by atoms with E-state index in [-0.39, 0.29) is 23.0 Å². The fraction of sp³-hybridized carbons (Fsp3) is 0.333. The van der Waals surface area contributed by atoms with Crippen LogP contribution in [0.2, 0.25) is 0 Å². The molecule has 0 saturated heterocycles. The zero-order valence-corrected chi connectivity index (χ0v) is 17.9. The van der Waals surface area contributed by atoms with Crippen molar-refractivity contribution in [1.29, 1.82) is 0 Å². The number of hydrogen-bond donors (Lipinski definition) is 0. The molecule has 3 rings (SSSR count). The standard InChI is InChI=1S/C21H23FN4O3S/c1-4-24(5-2)11-12-25(21-23-17-10-9-15(22)13-19(17)30-21)20(27)16-7-6-8-18(14(16)3)26(28)29/h6-10,13H,4-5,11-12H2,1-3H3. The molecule has 30 heavy (non-hydrogen) atoms. The number of nitro groups is 1. The van der Waals surface area contributed by atoms with Crippen LogP contribution in [0.5, 0.6) is 0 Å². The first-order valence-corrected chi connectivity index (χ1v) is 10.5. The van der Waals surface area contributed by atoms with Gasteiger partial charge in [0.2, 0.25) is 0 Å². The molecule has 0 aliphatic carbocycles. The third-order valence-corrected chi connectivity index (χ3v) is 6.12. The lowest BCUT2D eigenvalue weighted by atomic mass is 10.1. The van der Waals surface area contributed by atoms with Gasteiger partial charge in [0.1, 0.15) is 5.82 Å². The molecule has 0 spiro atoms. The topological polar surface area (TPSA) is 79.6 Å². The molecule has 3 aromatic rings. The number of aromatic nitrogens is 1. The summed E-state index contributed by atoms with van der Waals surface area (Å²) in [5.74, 6) is -0.726. The van der Waals surface area contributed by atoms with Crippen LogP contribution < -0.4 is 4.90 Å². The van der Waals surface area contributed by atoms with E-state index in [1.165, 1.54) is 40.5 Å². The molecule has 9 heteroatoms. The molecular weight excluding hydrogens is 407 g/mol. The third kappa shape index (κ3) is 4.47. The Morgan fingerprint density at radius 2 is 1.93 bits per heavy atom. The number of anilines is 1. The Balaban J connectivity index is 2.03. The van der Waals surface area contributed by atoms with Gasteiger partial charge in [0, 0.05) is 30.3 Å². The van der Waals surface area contributed by atoms with E-state index in [1.54, 1.807) is 19.1 Å². The minimum absolute atomic E-state index is 0.101. The first kappa shape index (κ1) is 21.8. The number of halogens is 1. The van der Waals surface area contributed by atoms with E-state index < -0.39 is 4.92 Å². The first-order valence-electron chi connectivity index (χ1n) is 9.70. The molecule has 0 fully saturated rings. The molecule has 2 aromatic carbocycles. The molecule has 1 heterocycles. The number of carbonyl (C=O) groups is 1. The largest absolute Gasteiger partial charge is 0.302 e. The van der Waals surface area contributed by atoms with Gasteiger partial charge in [-0.3, -0.25) is 19.8 Å². The van der Waals surface area contributed by atoms with E-state index in [4.69, 9.17) is 0 Å². The minimum atomic E-state index is -0.493. The quantitative estimate of drug-likeness (QED) is 0.384. The summed E-state index contributed by atoms with van der Waals surface area (Å²) in [6.45, 7) is 8.31. The first-order chi connectivity index (χ1) is 14.3. The van der Waals surface area contributed by atoms with Gasteiger partial charge in [0.25, 0.3) is 11.6 Å². The summed E-state index contributed by atoms with van der Waals surface area (Å²) in [4.78, 5) is 32.5. The number of fused-ring (bicyclic) bond motifs is 1. The van der Waals surface area contributed by atoms with Gasteiger partial charge in [0.05, 0.1) is 15.1 Å². The number of likely N-dealkylation sites (N-methyl/N-ethyl adjacent to an activating group) is 1. The number of hydrogen-bond acceptors (Lipinski definition) is 6. The molecule has 158 valence electrons. The van der Waals surface area contributed by atoms with Crippen LogP contribution in [0.15, 0.2) is 36.4 Å². The van der Waals surface area contributed by atoms with Crippen molar-refractivity contribution in [3.63, 3.8) is 0 Å². The number of benzene rings is 2. The van der Waals surface area contributed by atoms with Crippen molar-refractivity contribution in [2.45, 2.75) is 20.8 Å². The number of rotatable bonds is 8. The van der Waals surface area contributed by atoms with E-state index in [0.717, 1.165) is 13.1 Å².